The smallest absolute Gasteiger partial charge is 0.319 e. The van der Waals surface area contributed by atoms with Crippen molar-refractivity contribution in [3.63, 3.8) is 0 Å². The number of carbonyl (C=O) groups is 2. The maximum absolute atomic E-state index is 14.4. The van der Waals surface area contributed by atoms with Gasteiger partial charge < -0.3 is 15.5 Å². The average Bonchev–Trinajstić information content (AvgIpc) is 2.76. The van der Waals surface area contributed by atoms with Gasteiger partial charge in [-0.05, 0) is 31.2 Å². The van der Waals surface area contributed by atoms with Crippen LogP contribution in [0.5, 0.6) is 0 Å². The van der Waals surface area contributed by atoms with E-state index in [-0.39, 0.29) is 28.7 Å². The summed E-state index contributed by atoms with van der Waals surface area (Å²) in [5.74, 6) is -0.722. The first kappa shape index (κ1) is 18.8. The molecular weight excluding hydrogens is 371 g/mol. The van der Waals surface area contributed by atoms with Crippen molar-refractivity contribution >= 4 is 40.6 Å². The zero-order chi connectivity index (χ0) is 19.6. The molecule has 0 unspecified atom stereocenters. The fraction of sp³-hybridized carbons (Fsp3) is 0.211. The lowest BCUT2D eigenvalue weighted by atomic mass is 9.99. The summed E-state index contributed by atoms with van der Waals surface area (Å²) >= 11 is 6.57. The standard InChI is InChI=1S/C19H18ClFN4O2/c1-3-22-19(27)24-13-8-9-14-16(17(13)20)18(23-10-15(26)25(14)2)11-6-4-5-7-12(11)21/h4-9H,3,10H2,1-2H3,(H2,22,24,27). The number of amides is 3. The summed E-state index contributed by atoms with van der Waals surface area (Å²) in [5.41, 5.74) is 1.73. The third kappa shape index (κ3) is 3.64. The molecular formula is C19H18ClFN4O2. The lowest BCUT2D eigenvalue weighted by molar-refractivity contribution is -0.116. The minimum Gasteiger partial charge on any atom is -0.338 e. The summed E-state index contributed by atoms with van der Waals surface area (Å²) in [4.78, 5) is 29.9. The lowest BCUT2D eigenvalue weighted by Gasteiger charge is -2.21. The maximum Gasteiger partial charge on any atom is 0.319 e. The van der Waals surface area contributed by atoms with Crippen LogP contribution in [0.1, 0.15) is 18.1 Å². The second kappa shape index (κ2) is 7.75. The van der Waals surface area contributed by atoms with E-state index in [1.165, 1.54) is 11.0 Å². The van der Waals surface area contributed by atoms with Crippen molar-refractivity contribution in [1.82, 2.24) is 5.32 Å². The molecule has 0 saturated heterocycles. The van der Waals surface area contributed by atoms with Gasteiger partial charge in [0.15, 0.2) is 0 Å². The Labute approximate surface area is 161 Å². The molecule has 0 radical (unpaired) electrons. The number of aliphatic imine (C=N–C) groups is 1. The van der Waals surface area contributed by atoms with Crippen molar-refractivity contribution in [1.29, 1.82) is 0 Å². The molecule has 1 aliphatic rings. The molecule has 2 N–H and O–H groups in total. The fourth-order valence-electron chi connectivity index (χ4n) is 2.83. The summed E-state index contributed by atoms with van der Waals surface area (Å²) < 4.78 is 14.4. The lowest BCUT2D eigenvalue weighted by Crippen LogP contribution is -2.29. The fourth-order valence-corrected chi connectivity index (χ4v) is 3.13. The number of benzene rings is 2. The average molecular weight is 389 g/mol. The summed E-state index contributed by atoms with van der Waals surface area (Å²) in [7, 11) is 1.61. The molecule has 27 heavy (non-hydrogen) atoms. The highest BCUT2D eigenvalue weighted by molar-refractivity contribution is 6.40. The number of nitrogens with zero attached hydrogens (tertiary/aromatic N) is 2. The van der Waals surface area contributed by atoms with Crippen molar-refractivity contribution in [2.75, 3.05) is 30.4 Å². The number of fused-ring (bicyclic) bond motifs is 1. The molecule has 3 amide bonds. The second-order valence-corrected chi connectivity index (χ2v) is 6.28. The molecule has 0 bridgehead atoms. The Hall–Kier alpha value is -2.93. The Balaban J connectivity index is 2.19. The van der Waals surface area contributed by atoms with Crippen molar-refractivity contribution in [2.24, 2.45) is 4.99 Å². The number of likely N-dealkylation sites (N-methyl/N-ethyl adjacent to an activating group) is 1. The Morgan fingerprint density at radius 1 is 1.30 bits per heavy atom. The van der Waals surface area contributed by atoms with Gasteiger partial charge in [0, 0.05) is 24.7 Å². The Kier molecular flexibility index (Phi) is 5.41. The highest BCUT2D eigenvalue weighted by Crippen LogP contribution is 2.37. The molecule has 0 aromatic heterocycles. The predicted molar refractivity (Wildman–Crippen MR) is 104 cm³/mol. The van der Waals surface area contributed by atoms with E-state index in [2.05, 4.69) is 15.6 Å². The topological polar surface area (TPSA) is 73.8 Å². The number of rotatable bonds is 3. The molecule has 2 aromatic carbocycles. The second-order valence-electron chi connectivity index (χ2n) is 5.90. The van der Waals surface area contributed by atoms with Gasteiger partial charge in [-0.25, -0.2) is 9.18 Å². The number of anilines is 2. The quantitative estimate of drug-likeness (QED) is 0.845. The molecule has 0 saturated carbocycles. The number of benzodiazepines with no additional fused rings is 1. The third-order valence-corrected chi connectivity index (χ3v) is 4.57. The Morgan fingerprint density at radius 3 is 2.74 bits per heavy atom. The van der Waals surface area contributed by atoms with E-state index < -0.39 is 11.8 Å². The van der Waals surface area contributed by atoms with Crippen LogP contribution in [0.2, 0.25) is 5.02 Å². The van der Waals surface area contributed by atoms with Crippen LogP contribution in [0.3, 0.4) is 0 Å². The first-order chi connectivity index (χ1) is 12.9. The molecule has 8 heteroatoms. The minimum atomic E-state index is -0.475. The van der Waals surface area contributed by atoms with Gasteiger partial charge in [-0.15, -0.1) is 0 Å². The number of carbonyl (C=O) groups excluding carboxylic acids is 2. The van der Waals surface area contributed by atoms with Gasteiger partial charge in [-0.3, -0.25) is 9.79 Å². The summed E-state index contributed by atoms with van der Waals surface area (Å²) in [6.07, 6.45) is 0. The molecule has 2 aromatic rings. The predicted octanol–water partition coefficient (Wildman–Crippen LogP) is 3.43. The van der Waals surface area contributed by atoms with E-state index in [1.807, 2.05) is 0 Å². The van der Waals surface area contributed by atoms with Gasteiger partial charge in [0.2, 0.25) is 5.91 Å². The molecule has 1 aliphatic heterocycles. The van der Waals surface area contributed by atoms with Crippen molar-refractivity contribution < 1.29 is 14.0 Å². The van der Waals surface area contributed by atoms with E-state index in [0.717, 1.165) is 0 Å². The number of urea groups is 1. The molecule has 0 spiro atoms. The molecule has 1 heterocycles. The van der Waals surface area contributed by atoms with Gasteiger partial charge in [0.05, 0.1) is 22.1 Å². The maximum atomic E-state index is 14.4. The van der Waals surface area contributed by atoms with Crippen LogP contribution in [0.25, 0.3) is 0 Å². The van der Waals surface area contributed by atoms with Crippen LogP contribution >= 0.6 is 11.6 Å². The number of hydrogen-bond acceptors (Lipinski definition) is 3. The monoisotopic (exact) mass is 388 g/mol. The van der Waals surface area contributed by atoms with Crippen LogP contribution < -0.4 is 15.5 Å². The Morgan fingerprint density at radius 2 is 2.04 bits per heavy atom. The van der Waals surface area contributed by atoms with Crippen LogP contribution in [-0.2, 0) is 4.79 Å². The largest absolute Gasteiger partial charge is 0.338 e. The van der Waals surface area contributed by atoms with Crippen LogP contribution in [0.4, 0.5) is 20.6 Å². The van der Waals surface area contributed by atoms with Crippen molar-refractivity contribution in [2.45, 2.75) is 6.92 Å². The third-order valence-electron chi connectivity index (χ3n) is 4.18. The van der Waals surface area contributed by atoms with Gasteiger partial charge in [0.1, 0.15) is 12.4 Å². The number of halogens is 2. The summed E-state index contributed by atoms with van der Waals surface area (Å²) in [6, 6.07) is 8.99. The first-order valence-corrected chi connectivity index (χ1v) is 8.75. The van der Waals surface area contributed by atoms with Gasteiger partial charge in [-0.2, -0.15) is 0 Å². The van der Waals surface area contributed by atoms with Crippen LogP contribution in [0.15, 0.2) is 41.4 Å². The SMILES string of the molecule is CCNC(=O)Nc1ccc2c(c1Cl)C(c1ccccc1F)=NCC(=O)N2C. The van der Waals surface area contributed by atoms with E-state index in [4.69, 9.17) is 11.6 Å². The van der Waals surface area contributed by atoms with Gasteiger partial charge in [0.25, 0.3) is 0 Å². The van der Waals surface area contributed by atoms with E-state index >= 15 is 0 Å². The first-order valence-electron chi connectivity index (χ1n) is 8.37. The molecule has 3 rings (SSSR count). The molecule has 0 atom stereocenters. The number of hydrogen-bond donors (Lipinski definition) is 2. The zero-order valence-electron chi connectivity index (χ0n) is 14.8. The summed E-state index contributed by atoms with van der Waals surface area (Å²) in [6.45, 7) is 2.11. The van der Waals surface area contributed by atoms with Crippen LogP contribution in [0, 0.1) is 5.82 Å². The molecule has 0 fully saturated rings. The minimum absolute atomic E-state index is 0.135. The number of nitrogens with one attached hydrogen (secondary N) is 2. The zero-order valence-corrected chi connectivity index (χ0v) is 15.6. The highest BCUT2D eigenvalue weighted by Gasteiger charge is 2.27. The van der Waals surface area contributed by atoms with Crippen molar-refractivity contribution in [3.8, 4) is 0 Å². The summed E-state index contributed by atoms with van der Waals surface area (Å²) in [5, 5.41) is 5.46. The van der Waals surface area contributed by atoms with E-state index in [0.29, 0.717) is 23.5 Å². The van der Waals surface area contributed by atoms with Gasteiger partial charge in [-0.1, -0.05) is 23.7 Å². The highest BCUT2D eigenvalue weighted by atomic mass is 35.5. The van der Waals surface area contributed by atoms with Crippen LogP contribution in [-0.4, -0.2) is 37.8 Å². The normalized spacial score (nSPS) is 13.6. The van der Waals surface area contributed by atoms with Gasteiger partial charge >= 0.3 is 6.03 Å². The molecule has 140 valence electrons. The van der Waals surface area contributed by atoms with Crippen molar-refractivity contribution in [3.05, 3.63) is 58.4 Å². The molecule has 6 nitrogen and oxygen atoms in total. The van der Waals surface area contributed by atoms with E-state index in [9.17, 15) is 14.0 Å². The van der Waals surface area contributed by atoms with E-state index in [1.54, 1.807) is 44.3 Å². The molecule has 0 aliphatic carbocycles. The Bertz CT molecular complexity index is 945.